The Labute approximate surface area is 109 Å². The molecule has 0 aliphatic carbocycles. The predicted octanol–water partition coefficient (Wildman–Crippen LogP) is 3.33. The van der Waals surface area contributed by atoms with E-state index in [1.807, 2.05) is 30.3 Å². The zero-order chi connectivity index (χ0) is 13.2. The van der Waals surface area contributed by atoms with Crippen LogP contribution < -0.4 is 0 Å². The highest BCUT2D eigenvalue weighted by Crippen LogP contribution is 2.12. The van der Waals surface area contributed by atoms with Crippen LogP contribution in [0.15, 0.2) is 30.3 Å². The highest BCUT2D eigenvalue weighted by atomic mass is 16.5. The number of rotatable bonds is 8. The van der Waals surface area contributed by atoms with Crippen LogP contribution in [0.25, 0.3) is 0 Å². The van der Waals surface area contributed by atoms with Crippen LogP contribution >= 0.6 is 0 Å². The molecule has 100 valence electrons. The Bertz CT molecular complexity index is 335. The van der Waals surface area contributed by atoms with Gasteiger partial charge in [0.1, 0.15) is 0 Å². The predicted molar refractivity (Wildman–Crippen MR) is 71.2 cm³/mol. The van der Waals surface area contributed by atoms with Crippen molar-refractivity contribution in [3.05, 3.63) is 35.9 Å². The largest absolute Gasteiger partial charge is 0.469 e. The van der Waals surface area contributed by atoms with Crippen LogP contribution in [0.5, 0.6) is 0 Å². The van der Waals surface area contributed by atoms with Gasteiger partial charge < -0.3 is 9.47 Å². The van der Waals surface area contributed by atoms with E-state index in [4.69, 9.17) is 9.47 Å². The van der Waals surface area contributed by atoms with Crippen LogP contribution in [0, 0.1) is 0 Å². The summed E-state index contributed by atoms with van der Waals surface area (Å²) in [7, 11) is 1.41. The second-order valence-corrected chi connectivity index (χ2v) is 4.34. The normalized spacial score (nSPS) is 12.1. The van der Waals surface area contributed by atoms with Gasteiger partial charge in [-0.3, -0.25) is 4.79 Å². The lowest BCUT2D eigenvalue weighted by molar-refractivity contribution is -0.144. The van der Waals surface area contributed by atoms with Crippen LogP contribution in [0.2, 0.25) is 0 Å². The van der Waals surface area contributed by atoms with Gasteiger partial charge in [-0.1, -0.05) is 50.1 Å². The molecule has 0 aromatic heterocycles. The molecule has 0 spiro atoms. The maximum atomic E-state index is 11.3. The molecule has 1 aromatic carbocycles. The van der Waals surface area contributed by atoms with Gasteiger partial charge in [-0.2, -0.15) is 0 Å². The zero-order valence-electron chi connectivity index (χ0n) is 11.2. The third-order valence-electron chi connectivity index (χ3n) is 2.83. The molecule has 18 heavy (non-hydrogen) atoms. The molecule has 0 saturated carbocycles. The maximum Gasteiger partial charge on any atom is 0.308 e. The zero-order valence-corrected chi connectivity index (χ0v) is 11.2. The summed E-state index contributed by atoms with van der Waals surface area (Å²) >= 11 is 0. The van der Waals surface area contributed by atoms with E-state index < -0.39 is 0 Å². The molecule has 1 atom stereocenters. The average Bonchev–Trinajstić information content (AvgIpc) is 2.42. The Morgan fingerprint density at radius 3 is 2.61 bits per heavy atom. The molecule has 0 N–H and O–H groups in total. The van der Waals surface area contributed by atoms with Crippen LogP contribution in [0.4, 0.5) is 0 Å². The molecule has 0 fully saturated rings. The van der Waals surface area contributed by atoms with Crippen molar-refractivity contribution in [3.8, 4) is 0 Å². The molecule has 0 aliphatic rings. The average molecular weight is 250 g/mol. The van der Waals surface area contributed by atoms with Crippen molar-refractivity contribution in [1.82, 2.24) is 0 Å². The highest BCUT2D eigenvalue weighted by Gasteiger charge is 2.14. The van der Waals surface area contributed by atoms with Gasteiger partial charge in [0, 0.05) is 0 Å². The van der Waals surface area contributed by atoms with Gasteiger partial charge in [-0.15, -0.1) is 0 Å². The van der Waals surface area contributed by atoms with Crippen molar-refractivity contribution >= 4 is 5.97 Å². The minimum absolute atomic E-state index is 0.0439. The van der Waals surface area contributed by atoms with Gasteiger partial charge >= 0.3 is 5.97 Å². The van der Waals surface area contributed by atoms with Crippen molar-refractivity contribution in [3.63, 3.8) is 0 Å². The number of methoxy groups -OCH3 is 1. The van der Waals surface area contributed by atoms with Crippen molar-refractivity contribution in [2.45, 2.75) is 45.3 Å². The van der Waals surface area contributed by atoms with Crippen molar-refractivity contribution in [1.29, 1.82) is 0 Å². The molecule has 0 saturated heterocycles. The van der Waals surface area contributed by atoms with E-state index in [1.54, 1.807) is 0 Å². The minimum Gasteiger partial charge on any atom is -0.469 e. The number of unbranched alkanes of at least 4 members (excludes halogenated alkanes) is 1. The number of hydrogen-bond donors (Lipinski definition) is 0. The molecule has 1 aromatic rings. The summed E-state index contributed by atoms with van der Waals surface area (Å²) in [5, 5.41) is 0. The summed E-state index contributed by atoms with van der Waals surface area (Å²) in [4.78, 5) is 11.3. The third kappa shape index (κ3) is 5.82. The van der Waals surface area contributed by atoms with Crippen molar-refractivity contribution in [2.24, 2.45) is 0 Å². The highest BCUT2D eigenvalue weighted by molar-refractivity contribution is 5.69. The van der Waals surface area contributed by atoms with E-state index >= 15 is 0 Å². The van der Waals surface area contributed by atoms with Gasteiger partial charge in [0.2, 0.25) is 0 Å². The monoisotopic (exact) mass is 250 g/mol. The second-order valence-electron chi connectivity index (χ2n) is 4.34. The molecule has 0 aliphatic heterocycles. The molecular formula is C15H22O3. The fourth-order valence-corrected chi connectivity index (χ4v) is 1.73. The SMILES string of the molecule is CCCC[C@@H](CC(=O)OC)OCc1ccccc1. The fourth-order valence-electron chi connectivity index (χ4n) is 1.73. The maximum absolute atomic E-state index is 11.3. The van der Waals surface area contributed by atoms with E-state index in [1.165, 1.54) is 7.11 Å². The number of benzene rings is 1. The Hall–Kier alpha value is -1.35. The molecule has 0 radical (unpaired) electrons. The molecular weight excluding hydrogens is 228 g/mol. The van der Waals surface area contributed by atoms with Gasteiger partial charge in [0.05, 0.1) is 26.2 Å². The van der Waals surface area contributed by atoms with Crippen LogP contribution in [0.3, 0.4) is 0 Å². The first-order valence-electron chi connectivity index (χ1n) is 6.48. The minimum atomic E-state index is -0.204. The van der Waals surface area contributed by atoms with Crippen LogP contribution in [0.1, 0.15) is 38.2 Å². The third-order valence-corrected chi connectivity index (χ3v) is 2.83. The van der Waals surface area contributed by atoms with Crippen LogP contribution in [-0.2, 0) is 20.9 Å². The summed E-state index contributed by atoms with van der Waals surface area (Å²) in [6.45, 7) is 2.68. The molecule has 0 heterocycles. The summed E-state index contributed by atoms with van der Waals surface area (Å²) in [6, 6.07) is 10.00. The van der Waals surface area contributed by atoms with Crippen molar-refractivity contribution in [2.75, 3.05) is 7.11 Å². The van der Waals surface area contributed by atoms with Crippen molar-refractivity contribution < 1.29 is 14.3 Å². The van der Waals surface area contributed by atoms with Gasteiger partial charge in [-0.25, -0.2) is 0 Å². The second kappa shape index (κ2) is 8.70. The number of hydrogen-bond acceptors (Lipinski definition) is 3. The van der Waals surface area contributed by atoms with Gasteiger partial charge in [-0.05, 0) is 12.0 Å². The lowest BCUT2D eigenvalue weighted by Gasteiger charge is -2.16. The Balaban J connectivity index is 2.42. The lowest BCUT2D eigenvalue weighted by atomic mass is 10.1. The Morgan fingerprint density at radius 1 is 1.28 bits per heavy atom. The first-order chi connectivity index (χ1) is 8.76. The molecule has 3 nitrogen and oxygen atoms in total. The number of esters is 1. The first kappa shape index (κ1) is 14.7. The molecule has 0 unspecified atom stereocenters. The molecule has 1 rings (SSSR count). The van der Waals surface area contributed by atoms with Crippen LogP contribution in [-0.4, -0.2) is 19.2 Å². The number of carbonyl (C=O) groups excluding carboxylic acids is 1. The number of carbonyl (C=O) groups is 1. The van der Waals surface area contributed by atoms with E-state index in [9.17, 15) is 4.79 Å². The molecule has 3 heteroatoms. The quantitative estimate of drug-likeness (QED) is 0.664. The number of ether oxygens (including phenoxy) is 2. The summed E-state index contributed by atoms with van der Waals surface area (Å²) in [6.07, 6.45) is 3.36. The Kier molecular flexibility index (Phi) is 7.11. The van der Waals surface area contributed by atoms with E-state index in [2.05, 4.69) is 6.92 Å². The summed E-state index contributed by atoms with van der Waals surface area (Å²) in [5.41, 5.74) is 1.13. The van der Waals surface area contributed by atoms with E-state index in [0.717, 1.165) is 24.8 Å². The molecule has 0 bridgehead atoms. The summed E-state index contributed by atoms with van der Waals surface area (Å²) in [5.74, 6) is -0.204. The Morgan fingerprint density at radius 2 is 2.00 bits per heavy atom. The fraction of sp³-hybridized carbons (Fsp3) is 0.533. The lowest BCUT2D eigenvalue weighted by Crippen LogP contribution is -2.18. The smallest absolute Gasteiger partial charge is 0.308 e. The molecule has 0 amide bonds. The van der Waals surface area contributed by atoms with Gasteiger partial charge in [0.25, 0.3) is 0 Å². The van der Waals surface area contributed by atoms with E-state index in [-0.39, 0.29) is 12.1 Å². The topological polar surface area (TPSA) is 35.5 Å². The summed E-state index contributed by atoms with van der Waals surface area (Å²) < 4.78 is 10.5. The van der Waals surface area contributed by atoms with E-state index in [0.29, 0.717) is 13.0 Å². The standard InChI is InChI=1S/C15H22O3/c1-3-4-10-14(11-15(16)17-2)18-12-13-8-6-5-7-9-13/h5-9,14H,3-4,10-12H2,1-2H3/t14-/m0/s1. The van der Waals surface area contributed by atoms with Gasteiger partial charge in [0.15, 0.2) is 0 Å². The first-order valence-corrected chi connectivity index (χ1v) is 6.48.